The largest absolute Gasteiger partial charge is 0.364 e. The summed E-state index contributed by atoms with van der Waals surface area (Å²) in [5.41, 5.74) is 8.19. The van der Waals surface area contributed by atoms with E-state index in [-0.39, 0.29) is 5.69 Å². The van der Waals surface area contributed by atoms with Gasteiger partial charge in [-0.2, -0.15) is 0 Å². The molecule has 0 saturated carbocycles. The minimum absolute atomic E-state index is 0.200. The molecule has 136 valence electrons. The molecule has 0 aromatic carbocycles. The van der Waals surface area contributed by atoms with Crippen LogP contribution in [-0.4, -0.2) is 36.3 Å². The molecule has 0 aliphatic heterocycles. The van der Waals surface area contributed by atoms with E-state index in [0.29, 0.717) is 28.3 Å². The average Bonchev–Trinajstić information content (AvgIpc) is 3.25. The minimum atomic E-state index is -2.55. The van der Waals surface area contributed by atoms with Crippen LogP contribution < -0.4 is 5.73 Å². The van der Waals surface area contributed by atoms with E-state index in [1.807, 2.05) is 0 Å². The van der Waals surface area contributed by atoms with Crippen LogP contribution >= 0.6 is 0 Å². The molecule has 4 heterocycles. The van der Waals surface area contributed by atoms with Crippen LogP contribution in [0.5, 0.6) is 0 Å². The number of imidazole rings is 2. The highest BCUT2D eigenvalue weighted by molar-refractivity contribution is 5.92. The lowest BCUT2D eigenvalue weighted by Crippen LogP contribution is -2.13. The zero-order valence-corrected chi connectivity index (χ0v) is 14.0. The quantitative estimate of drug-likeness (QED) is 0.586. The molecule has 4 aromatic heterocycles. The number of fused-ring (bicyclic) bond motifs is 1. The van der Waals surface area contributed by atoms with Gasteiger partial charge < -0.3 is 10.3 Å². The molecule has 4 aromatic rings. The van der Waals surface area contributed by atoms with Crippen LogP contribution in [0.15, 0.2) is 55.2 Å². The Kier molecular flexibility index (Phi) is 4.11. The molecule has 0 radical (unpaired) electrons. The van der Waals surface area contributed by atoms with Gasteiger partial charge in [-0.25, -0.2) is 18.7 Å². The summed E-state index contributed by atoms with van der Waals surface area (Å²) in [4.78, 5) is 24.3. The number of nitrogens with two attached hydrogens (primary N) is 1. The van der Waals surface area contributed by atoms with E-state index in [1.54, 1.807) is 42.7 Å². The molecule has 27 heavy (non-hydrogen) atoms. The van der Waals surface area contributed by atoms with Crippen molar-refractivity contribution in [2.75, 3.05) is 0 Å². The van der Waals surface area contributed by atoms with Gasteiger partial charge in [0.2, 0.25) is 0 Å². The number of carbonyl (C=O) groups excluding carboxylic acids is 1. The molecule has 1 amide bonds. The highest BCUT2D eigenvalue weighted by Crippen LogP contribution is 2.31. The van der Waals surface area contributed by atoms with Gasteiger partial charge in [0, 0.05) is 18.0 Å². The molecule has 0 aliphatic rings. The Morgan fingerprint density at radius 1 is 1.15 bits per heavy atom. The van der Waals surface area contributed by atoms with Crippen molar-refractivity contribution < 1.29 is 13.6 Å². The van der Waals surface area contributed by atoms with Gasteiger partial charge in [0.25, 0.3) is 12.3 Å². The van der Waals surface area contributed by atoms with Gasteiger partial charge in [-0.05, 0) is 24.3 Å². The Balaban J connectivity index is 1.94. The number of carbonyl (C=O) groups is 1. The minimum Gasteiger partial charge on any atom is -0.364 e. The van der Waals surface area contributed by atoms with E-state index in [2.05, 4.69) is 15.0 Å². The Bertz CT molecular complexity index is 1120. The van der Waals surface area contributed by atoms with Crippen LogP contribution in [0.2, 0.25) is 0 Å². The van der Waals surface area contributed by atoms with Gasteiger partial charge in [0.1, 0.15) is 17.0 Å². The van der Waals surface area contributed by atoms with Crippen molar-refractivity contribution in [3.63, 3.8) is 0 Å². The zero-order valence-electron chi connectivity index (χ0n) is 14.0. The van der Waals surface area contributed by atoms with Crippen molar-refractivity contribution in [1.29, 1.82) is 0 Å². The maximum Gasteiger partial charge on any atom is 0.267 e. The van der Waals surface area contributed by atoms with Gasteiger partial charge in [-0.3, -0.25) is 14.2 Å². The molecule has 0 fully saturated rings. The van der Waals surface area contributed by atoms with Crippen molar-refractivity contribution in [3.8, 4) is 22.6 Å². The van der Waals surface area contributed by atoms with Crippen LogP contribution in [0, 0.1) is 0 Å². The maximum atomic E-state index is 13.1. The Morgan fingerprint density at radius 2 is 2.00 bits per heavy atom. The number of rotatable bonds is 5. The number of hydrogen-bond donors (Lipinski definition) is 1. The Hall–Kier alpha value is -3.62. The normalized spacial score (nSPS) is 11.4. The number of primary amides is 1. The summed E-state index contributed by atoms with van der Waals surface area (Å²) >= 11 is 0. The first kappa shape index (κ1) is 16.8. The third kappa shape index (κ3) is 3.03. The van der Waals surface area contributed by atoms with Crippen LogP contribution in [0.3, 0.4) is 0 Å². The van der Waals surface area contributed by atoms with Crippen molar-refractivity contribution in [3.05, 3.63) is 60.9 Å². The van der Waals surface area contributed by atoms with E-state index in [0.717, 1.165) is 0 Å². The van der Waals surface area contributed by atoms with Crippen LogP contribution in [0.1, 0.15) is 10.5 Å². The second-order valence-corrected chi connectivity index (χ2v) is 5.85. The molecule has 0 aliphatic carbocycles. The molecular formula is C18H14F2N6O. The number of nitrogens with zero attached hydrogens (tertiary/aromatic N) is 5. The lowest BCUT2D eigenvalue weighted by atomic mass is 10.1. The average molecular weight is 368 g/mol. The second kappa shape index (κ2) is 6.60. The van der Waals surface area contributed by atoms with Crippen LogP contribution in [0.4, 0.5) is 8.78 Å². The van der Waals surface area contributed by atoms with Gasteiger partial charge in [0.05, 0.1) is 30.5 Å². The second-order valence-electron chi connectivity index (χ2n) is 5.85. The summed E-state index contributed by atoms with van der Waals surface area (Å²) < 4.78 is 29.0. The summed E-state index contributed by atoms with van der Waals surface area (Å²) in [6, 6.07) is 8.73. The fraction of sp³-hybridized carbons (Fsp3) is 0.111. The van der Waals surface area contributed by atoms with Gasteiger partial charge in [0.15, 0.2) is 0 Å². The highest BCUT2D eigenvalue weighted by atomic mass is 19.3. The molecule has 7 nitrogen and oxygen atoms in total. The lowest BCUT2D eigenvalue weighted by Gasteiger charge is -2.11. The summed E-state index contributed by atoms with van der Waals surface area (Å²) in [6.07, 6.45) is 3.42. The van der Waals surface area contributed by atoms with Crippen molar-refractivity contribution in [2.45, 2.75) is 13.0 Å². The summed E-state index contributed by atoms with van der Waals surface area (Å²) in [7, 11) is 0. The molecule has 0 atom stereocenters. The first-order valence-electron chi connectivity index (χ1n) is 8.06. The number of aromatic nitrogens is 5. The monoisotopic (exact) mass is 368 g/mol. The third-order valence-electron chi connectivity index (χ3n) is 4.11. The first-order valence-corrected chi connectivity index (χ1v) is 8.06. The number of pyridine rings is 2. The van der Waals surface area contributed by atoms with Crippen molar-refractivity contribution in [1.82, 2.24) is 23.9 Å². The van der Waals surface area contributed by atoms with E-state index in [1.165, 1.54) is 21.5 Å². The van der Waals surface area contributed by atoms with Crippen LogP contribution in [-0.2, 0) is 6.54 Å². The third-order valence-corrected chi connectivity index (χ3v) is 4.11. The number of amides is 1. The standard InChI is InChI=1S/C18H14F2N6O/c19-14(20)9-25-10-24-16(12-3-1-2-6-22-12)17(25)11-4-5-15-23-7-13(18(21)27)26(15)8-11/h1-8,10,14H,9H2,(H2,21,27). The highest BCUT2D eigenvalue weighted by Gasteiger charge is 2.19. The summed E-state index contributed by atoms with van der Waals surface area (Å²) in [5.74, 6) is -0.634. The summed E-state index contributed by atoms with van der Waals surface area (Å²) in [5, 5.41) is 0. The maximum absolute atomic E-state index is 13.1. The number of alkyl halides is 2. The molecule has 0 spiro atoms. The fourth-order valence-corrected chi connectivity index (χ4v) is 2.97. The predicted molar refractivity (Wildman–Crippen MR) is 94.2 cm³/mol. The molecule has 4 rings (SSSR count). The smallest absolute Gasteiger partial charge is 0.267 e. The number of hydrogen-bond acceptors (Lipinski definition) is 4. The fourth-order valence-electron chi connectivity index (χ4n) is 2.97. The van der Waals surface area contributed by atoms with Gasteiger partial charge >= 0.3 is 0 Å². The Labute approximate surface area is 152 Å². The lowest BCUT2D eigenvalue weighted by molar-refractivity contribution is 0.0994. The molecular weight excluding hydrogens is 354 g/mol. The number of halogens is 2. The first-order chi connectivity index (χ1) is 13.0. The van der Waals surface area contributed by atoms with Crippen LogP contribution in [0.25, 0.3) is 28.3 Å². The van der Waals surface area contributed by atoms with Crippen molar-refractivity contribution >= 4 is 11.6 Å². The topological polar surface area (TPSA) is 91.1 Å². The van der Waals surface area contributed by atoms with E-state index in [9.17, 15) is 13.6 Å². The SMILES string of the molecule is NC(=O)c1cnc2ccc(-c3c(-c4ccccn4)ncn3CC(F)F)cn12. The van der Waals surface area contributed by atoms with E-state index >= 15 is 0 Å². The van der Waals surface area contributed by atoms with Crippen molar-refractivity contribution in [2.24, 2.45) is 5.73 Å². The molecule has 0 saturated heterocycles. The van der Waals surface area contributed by atoms with Gasteiger partial charge in [-0.15, -0.1) is 0 Å². The van der Waals surface area contributed by atoms with Gasteiger partial charge in [-0.1, -0.05) is 6.07 Å². The molecule has 9 heteroatoms. The van der Waals surface area contributed by atoms with E-state index < -0.39 is 18.9 Å². The Morgan fingerprint density at radius 3 is 2.70 bits per heavy atom. The zero-order chi connectivity index (χ0) is 19.0. The summed E-state index contributed by atoms with van der Waals surface area (Å²) in [6.45, 7) is -0.514. The molecule has 0 unspecified atom stereocenters. The molecule has 0 bridgehead atoms. The van der Waals surface area contributed by atoms with E-state index in [4.69, 9.17) is 5.73 Å². The molecule has 2 N–H and O–H groups in total. The predicted octanol–water partition coefficient (Wildman–Crippen LogP) is 2.62.